The van der Waals surface area contributed by atoms with Gasteiger partial charge in [0.1, 0.15) is 11.5 Å². The summed E-state index contributed by atoms with van der Waals surface area (Å²) < 4.78 is 11.1. The zero-order chi connectivity index (χ0) is 13.9. The Labute approximate surface area is 123 Å². The first-order valence-corrected chi connectivity index (χ1v) is 7.76. The third kappa shape index (κ3) is 2.67. The molecule has 3 rings (SSSR count). The minimum Gasteiger partial charge on any atom is -0.497 e. The molecule has 1 aromatic carbocycles. The fraction of sp³-hybridized carbons (Fsp3) is 0.375. The molecule has 2 aromatic rings. The van der Waals surface area contributed by atoms with Crippen molar-refractivity contribution in [3.63, 3.8) is 0 Å². The second kappa shape index (κ2) is 5.85. The van der Waals surface area contributed by atoms with Crippen molar-refractivity contribution in [3.8, 4) is 11.5 Å². The van der Waals surface area contributed by atoms with Gasteiger partial charge < -0.3 is 14.8 Å². The smallest absolute Gasteiger partial charge is 0.124 e. The van der Waals surface area contributed by atoms with Crippen LogP contribution < -0.4 is 14.8 Å². The molecule has 0 amide bonds. The molecule has 4 heteroatoms. The lowest BCUT2D eigenvalue weighted by Gasteiger charge is -2.29. The Morgan fingerprint density at radius 2 is 2.30 bits per heavy atom. The van der Waals surface area contributed by atoms with E-state index in [9.17, 15) is 0 Å². The molecule has 2 heterocycles. The molecule has 1 aromatic heterocycles. The maximum Gasteiger partial charge on any atom is 0.124 e. The second-order valence-electron chi connectivity index (χ2n) is 5.00. The quantitative estimate of drug-likeness (QED) is 0.925. The van der Waals surface area contributed by atoms with Gasteiger partial charge in [-0.25, -0.2) is 0 Å². The highest BCUT2D eigenvalue weighted by Crippen LogP contribution is 2.36. The lowest BCUT2D eigenvalue weighted by molar-refractivity contribution is 0.245. The summed E-state index contributed by atoms with van der Waals surface area (Å²) in [4.78, 5) is 1.36. The summed E-state index contributed by atoms with van der Waals surface area (Å²) in [6, 6.07) is 10.9. The number of ether oxygens (including phenoxy) is 2. The first-order chi connectivity index (χ1) is 9.78. The van der Waals surface area contributed by atoms with Crippen LogP contribution in [0.1, 0.15) is 35.9 Å². The molecule has 0 fully saturated rings. The number of hydrogen-bond donors (Lipinski definition) is 1. The first kappa shape index (κ1) is 13.5. The van der Waals surface area contributed by atoms with Gasteiger partial charge in [0.05, 0.1) is 13.7 Å². The van der Waals surface area contributed by atoms with Crippen LogP contribution in [0.2, 0.25) is 0 Å². The van der Waals surface area contributed by atoms with Crippen LogP contribution in [0.3, 0.4) is 0 Å². The third-order valence-electron chi connectivity index (χ3n) is 3.68. The molecule has 3 nitrogen and oxygen atoms in total. The molecule has 0 saturated carbocycles. The number of nitrogens with one attached hydrogen (secondary N) is 1. The molecule has 2 atom stereocenters. The van der Waals surface area contributed by atoms with Crippen LogP contribution in [0.5, 0.6) is 11.5 Å². The Morgan fingerprint density at radius 1 is 1.40 bits per heavy atom. The zero-order valence-electron chi connectivity index (χ0n) is 11.8. The van der Waals surface area contributed by atoms with Gasteiger partial charge >= 0.3 is 0 Å². The minimum absolute atomic E-state index is 0.311. The van der Waals surface area contributed by atoms with Gasteiger partial charge in [0.15, 0.2) is 0 Å². The van der Waals surface area contributed by atoms with Gasteiger partial charge in [-0.3, -0.25) is 0 Å². The zero-order valence-corrected chi connectivity index (χ0v) is 12.6. The SMILES string of the molecule is COc1ccc2c(c1)C(NC(C)c1cccs1)CCO2. The first-order valence-electron chi connectivity index (χ1n) is 6.88. The third-order valence-corrected chi connectivity index (χ3v) is 4.73. The van der Waals surface area contributed by atoms with Crippen LogP contribution in [0.4, 0.5) is 0 Å². The van der Waals surface area contributed by atoms with E-state index in [0.717, 1.165) is 24.5 Å². The molecule has 1 aliphatic heterocycles. The second-order valence-corrected chi connectivity index (χ2v) is 5.98. The fourth-order valence-electron chi connectivity index (χ4n) is 2.59. The Balaban J connectivity index is 1.82. The Bertz CT molecular complexity index is 568. The fourth-order valence-corrected chi connectivity index (χ4v) is 3.34. The van der Waals surface area contributed by atoms with Crippen molar-refractivity contribution in [1.82, 2.24) is 5.32 Å². The summed E-state index contributed by atoms with van der Waals surface area (Å²) >= 11 is 1.79. The van der Waals surface area contributed by atoms with E-state index in [-0.39, 0.29) is 0 Å². The lowest BCUT2D eigenvalue weighted by Crippen LogP contribution is -2.29. The largest absolute Gasteiger partial charge is 0.497 e. The molecule has 1 aliphatic rings. The lowest BCUT2D eigenvalue weighted by atomic mass is 9.99. The minimum atomic E-state index is 0.311. The standard InChI is InChI=1S/C16H19NO2S/c1-11(16-4-3-9-20-16)17-14-7-8-19-15-6-5-12(18-2)10-13(14)15/h3-6,9-11,14,17H,7-8H2,1-2H3. The topological polar surface area (TPSA) is 30.5 Å². The summed E-state index contributed by atoms with van der Waals surface area (Å²) in [6.07, 6.45) is 0.982. The molecule has 106 valence electrons. The van der Waals surface area contributed by atoms with E-state index in [1.54, 1.807) is 18.4 Å². The van der Waals surface area contributed by atoms with E-state index in [4.69, 9.17) is 9.47 Å². The van der Waals surface area contributed by atoms with Crippen molar-refractivity contribution in [2.24, 2.45) is 0 Å². The van der Waals surface area contributed by atoms with Gasteiger partial charge in [-0.15, -0.1) is 11.3 Å². The highest BCUT2D eigenvalue weighted by Gasteiger charge is 2.23. The van der Waals surface area contributed by atoms with Crippen LogP contribution in [0.15, 0.2) is 35.7 Å². The molecule has 2 unspecified atom stereocenters. The van der Waals surface area contributed by atoms with Gasteiger partial charge in [0, 0.05) is 28.9 Å². The average molecular weight is 289 g/mol. The van der Waals surface area contributed by atoms with E-state index >= 15 is 0 Å². The number of benzene rings is 1. The van der Waals surface area contributed by atoms with Gasteiger partial charge in [-0.1, -0.05) is 6.07 Å². The van der Waals surface area contributed by atoms with Crippen LogP contribution in [-0.2, 0) is 0 Å². The summed E-state index contributed by atoms with van der Waals surface area (Å²) in [5.74, 6) is 1.85. The molecular formula is C16H19NO2S. The molecular weight excluding hydrogens is 270 g/mol. The summed E-state index contributed by atoms with van der Waals surface area (Å²) in [6.45, 7) is 2.97. The number of fused-ring (bicyclic) bond motifs is 1. The predicted octanol–water partition coefficient (Wildman–Crippen LogP) is 3.93. The Hall–Kier alpha value is -1.52. The molecule has 0 aliphatic carbocycles. The van der Waals surface area contributed by atoms with E-state index in [2.05, 4.69) is 35.8 Å². The highest BCUT2D eigenvalue weighted by molar-refractivity contribution is 7.10. The average Bonchev–Trinajstić information content (AvgIpc) is 3.01. The maximum absolute atomic E-state index is 5.73. The van der Waals surface area contributed by atoms with Crippen molar-refractivity contribution in [3.05, 3.63) is 46.2 Å². The Kier molecular flexibility index (Phi) is 3.94. The monoisotopic (exact) mass is 289 g/mol. The van der Waals surface area contributed by atoms with Crippen molar-refractivity contribution in [2.75, 3.05) is 13.7 Å². The van der Waals surface area contributed by atoms with Crippen LogP contribution in [-0.4, -0.2) is 13.7 Å². The van der Waals surface area contributed by atoms with Gasteiger partial charge in [-0.2, -0.15) is 0 Å². The van der Waals surface area contributed by atoms with Gasteiger partial charge in [0.2, 0.25) is 0 Å². The molecule has 0 spiro atoms. The summed E-state index contributed by atoms with van der Waals surface area (Å²) in [5, 5.41) is 5.82. The number of rotatable bonds is 4. The van der Waals surface area contributed by atoms with Gasteiger partial charge in [-0.05, 0) is 36.6 Å². The normalized spacial score (nSPS) is 19.0. The van der Waals surface area contributed by atoms with Crippen molar-refractivity contribution in [1.29, 1.82) is 0 Å². The van der Waals surface area contributed by atoms with E-state index in [1.807, 2.05) is 12.1 Å². The van der Waals surface area contributed by atoms with Crippen LogP contribution in [0.25, 0.3) is 0 Å². The maximum atomic E-state index is 5.73. The molecule has 0 saturated heterocycles. The Morgan fingerprint density at radius 3 is 3.05 bits per heavy atom. The molecule has 1 N–H and O–H groups in total. The van der Waals surface area contributed by atoms with Gasteiger partial charge in [0.25, 0.3) is 0 Å². The van der Waals surface area contributed by atoms with Crippen molar-refractivity contribution in [2.45, 2.75) is 25.4 Å². The summed E-state index contributed by atoms with van der Waals surface area (Å²) in [7, 11) is 1.70. The van der Waals surface area contributed by atoms with E-state index in [1.165, 1.54) is 10.4 Å². The van der Waals surface area contributed by atoms with Crippen LogP contribution in [0, 0.1) is 0 Å². The molecule has 0 radical (unpaired) electrons. The van der Waals surface area contributed by atoms with E-state index < -0.39 is 0 Å². The number of thiophene rings is 1. The van der Waals surface area contributed by atoms with E-state index in [0.29, 0.717) is 12.1 Å². The molecule has 0 bridgehead atoms. The highest BCUT2D eigenvalue weighted by atomic mass is 32.1. The summed E-state index contributed by atoms with van der Waals surface area (Å²) in [5.41, 5.74) is 1.19. The molecule has 20 heavy (non-hydrogen) atoms. The van der Waals surface area contributed by atoms with Crippen LogP contribution >= 0.6 is 11.3 Å². The number of hydrogen-bond acceptors (Lipinski definition) is 4. The number of methoxy groups -OCH3 is 1. The van der Waals surface area contributed by atoms with Crippen molar-refractivity contribution >= 4 is 11.3 Å². The van der Waals surface area contributed by atoms with Crippen molar-refractivity contribution < 1.29 is 9.47 Å². The predicted molar refractivity (Wildman–Crippen MR) is 81.7 cm³/mol.